The second-order valence-corrected chi connectivity index (χ2v) is 8.39. The third-order valence-corrected chi connectivity index (χ3v) is 5.89. The highest BCUT2D eigenvalue weighted by Gasteiger charge is 2.26. The van der Waals surface area contributed by atoms with Gasteiger partial charge in [0.15, 0.2) is 6.23 Å². The van der Waals surface area contributed by atoms with Crippen molar-refractivity contribution >= 4 is 28.3 Å². The minimum atomic E-state index is -0.762. The molecule has 0 aliphatic carbocycles. The van der Waals surface area contributed by atoms with Crippen LogP contribution in [-0.2, 0) is 0 Å². The van der Waals surface area contributed by atoms with E-state index in [0.29, 0.717) is 27.9 Å². The van der Waals surface area contributed by atoms with Crippen LogP contribution in [0, 0.1) is 0 Å². The van der Waals surface area contributed by atoms with Gasteiger partial charge in [0, 0.05) is 41.6 Å². The molecule has 168 valence electrons. The first-order chi connectivity index (χ1) is 15.5. The van der Waals surface area contributed by atoms with Gasteiger partial charge < -0.3 is 20.1 Å². The first kappa shape index (κ1) is 22.3. The molecule has 1 fully saturated rings. The number of nitrogens with one attached hydrogen (secondary N) is 2. The van der Waals surface area contributed by atoms with Crippen LogP contribution in [0.15, 0.2) is 59.5 Å². The third kappa shape index (κ3) is 5.30. The Labute approximate surface area is 191 Å². The summed E-state index contributed by atoms with van der Waals surface area (Å²) >= 11 is 5.95. The number of halogens is 1. The highest BCUT2D eigenvalue weighted by atomic mass is 35.5. The van der Waals surface area contributed by atoms with Gasteiger partial charge in [0.25, 0.3) is 11.5 Å². The Balaban J connectivity index is 1.36. The number of β-amino-alcohol motifs (C(OH)–C–C–N with tert-alkyl or cyclic N) is 1. The van der Waals surface area contributed by atoms with E-state index in [4.69, 9.17) is 16.3 Å². The number of fused-ring (bicyclic) bond motifs is 1. The lowest BCUT2D eigenvalue weighted by atomic mass is 10.1. The van der Waals surface area contributed by atoms with Crippen molar-refractivity contribution in [2.24, 2.45) is 0 Å². The van der Waals surface area contributed by atoms with Crippen molar-refractivity contribution in [1.82, 2.24) is 15.2 Å². The molecule has 1 saturated heterocycles. The van der Waals surface area contributed by atoms with Crippen LogP contribution in [0.3, 0.4) is 0 Å². The predicted molar refractivity (Wildman–Crippen MR) is 124 cm³/mol. The largest absolute Gasteiger partial charge is 0.475 e. The highest BCUT2D eigenvalue weighted by Crippen LogP contribution is 2.23. The summed E-state index contributed by atoms with van der Waals surface area (Å²) < 4.78 is 6.11. The lowest BCUT2D eigenvalue weighted by Crippen LogP contribution is -2.48. The highest BCUT2D eigenvalue weighted by molar-refractivity contribution is 6.30. The van der Waals surface area contributed by atoms with Crippen molar-refractivity contribution in [2.45, 2.75) is 31.6 Å². The molecule has 2 aromatic carbocycles. The Morgan fingerprint density at radius 1 is 1.19 bits per heavy atom. The van der Waals surface area contributed by atoms with Crippen molar-refractivity contribution in [3.63, 3.8) is 0 Å². The molecule has 0 saturated carbocycles. The van der Waals surface area contributed by atoms with E-state index >= 15 is 0 Å². The predicted octanol–water partition coefficient (Wildman–Crippen LogP) is 3.16. The quantitative estimate of drug-likeness (QED) is 0.508. The number of benzene rings is 2. The van der Waals surface area contributed by atoms with Crippen LogP contribution in [0.4, 0.5) is 0 Å². The number of aromatic amines is 1. The number of aromatic nitrogens is 1. The van der Waals surface area contributed by atoms with Crippen LogP contribution in [-0.4, -0.2) is 52.9 Å². The normalized spacial score (nSPS) is 17.8. The number of carbonyl (C=O) groups is 1. The van der Waals surface area contributed by atoms with Crippen LogP contribution in [0.2, 0.25) is 5.02 Å². The summed E-state index contributed by atoms with van der Waals surface area (Å²) in [6, 6.07) is 14.2. The molecule has 1 aliphatic rings. The van der Waals surface area contributed by atoms with Gasteiger partial charge in [-0.3, -0.25) is 14.5 Å². The van der Waals surface area contributed by atoms with Crippen molar-refractivity contribution in [3.05, 3.63) is 75.7 Å². The number of H-pyrrole nitrogens is 1. The molecule has 32 heavy (non-hydrogen) atoms. The minimum Gasteiger partial charge on any atom is -0.475 e. The summed E-state index contributed by atoms with van der Waals surface area (Å²) in [7, 11) is 0. The number of amides is 1. The maximum absolute atomic E-state index is 12.7. The first-order valence-electron chi connectivity index (χ1n) is 10.7. The Hall–Kier alpha value is -2.87. The number of likely N-dealkylation sites (tertiary alicyclic amines) is 1. The van der Waals surface area contributed by atoms with Crippen LogP contribution in [0.25, 0.3) is 10.8 Å². The number of ether oxygens (including phenoxy) is 1. The average molecular weight is 456 g/mol. The van der Waals surface area contributed by atoms with E-state index in [2.05, 4.69) is 15.2 Å². The molecule has 3 N–H and O–H groups in total. The Morgan fingerprint density at radius 3 is 2.72 bits per heavy atom. The molecule has 8 heteroatoms. The lowest BCUT2D eigenvalue weighted by molar-refractivity contribution is -0.0282. The number of aliphatic hydroxyl groups is 1. The summed E-state index contributed by atoms with van der Waals surface area (Å²) in [6.45, 7) is 1.29. The third-order valence-electron chi connectivity index (χ3n) is 5.64. The summed E-state index contributed by atoms with van der Waals surface area (Å²) in [5.74, 6) is 0.392. The molecule has 4 rings (SSSR count). The van der Waals surface area contributed by atoms with Crippen molar-refractivity contribution < 1.29 is 14.6 Å². The molecule has 2 heterocycles. The molecular formula is C24H26ClN3O4. The van der Waals surface area contributed by atoms with E-state index in [9.17, 15) is 14.7 Å². The lowest BCUT2D eigenvalue weighted by Gasteiger charge is -2.36. The van der Waals surface area contributed by atoms with Gasteiger partial charge in [-0.2, -0.15) is 0 Å². The maximum atomic E-state index is 12.7. The van der Waals surface area contributed by atoms with Gasteiger partial charge in [0.05, 0.1) is 11.7 Å². The van der Waals surface area contributed by atoms with E-state index in [0.717, 1.165) is 31.6 Å². The topological polar surface area (TPSA) is 94.7 Å². The van der Waals surface area contributed by atoms with Gasteiger partial charge in [-0.05, 0) is 49.6 Å². The van der Waals surface area contributed by atoms with Crippen molar-refractivity contribution in [3.8, 4) is 5.75 Å². The van der Waals surface area contributed by atoms with Crippen molar-refractivity contribution in [2.75, 3.05) is 19.6 Å². The summed E-state index contributed by atoms with van der Waals surface area (Å²) in [6.07, 6.45) is 3.46. The minimum absolute atomic E-state index is 0.0937. The summed E-state index contributed by atoms with van der Waals surface area (Å²) in [5.41, 5.74) is 0.128. The molecule has 7 nitrogen and oxygen atoms in total. The van der Waals surface area contributed by atoms with E-state index < -0.39 is 6.10 Å². The number of piperidine rings is 1. The molecule has 3 aromatic rings. The average Bonchev–Trinajstić information content (AvgIpc) is 2.81. The van der Waals surface area contributed by atoms with Crippen LogP contribution < -0.4 is 15.6 Å². The van der Waals surface area contributed by atoms with Crippen LogP contribution in [0.1, 0.15) is 29.6 Å². The molecule has 0 radical (unpaired) electrons. The van der Waals surface area contributed by atoms with Crippen molar-refractivity contribution in [1.29, 1.82) is 0 Å². The zero-order valence-corrected chi connectivity index (χ0v) is 18.3. The standard InChI is InChI=1S/C24H26ClN3O4/c25-16-8-10-18(11-9-16)32-22-7-3-4-12-28(22)15-17(29)13-26-24(31)21-14-27-23(30)20-6-2-1-5-19(20)21/h1-2,5-6,8-11,14,17,22,29H,3-4,7,12-13,15H2,(H,26,31)(H,27,30)/t17-,22?/m1/s1. The van der Waals surface area contributed by atoms with Gasteiger partial charge in [0.2, 0.25) is 0 Å². The van der Waals surface area contributed by atoms with Gasteiger partial charge in [0.1, 0.15) is 5.75 Å². The Kier molecular flexibility index (Phi) is 7.09. The second kappa shape index (κ2) is 10.2. The molecule has 0 bridgehead atoms. The van der Waals surface area contributed by atoms with Gasteiger partial charge in [-0.1, -0.05) is 29.8 Å². The zero-order valence-electron chi connectivity index (χ0n) is 17.6. The fraction of sp³-hybridized carbons (Fsp3) is 0.333. The number of hydrogen-bond acceptors (Lipinski definition) is 5. The first-order valence-corrected chi connectivity index (χ1v) is 11.1. The van der Waals surface area contributed by atoms with E-state index in [1.54, 1.807) is 36.4 Å². The monoisotopic (exact) mass is 455 g/mol. The molecular weight excluding hydrogens is 430 g/mol. The molecule has 2 atom stereocenters. The van der Waals surface area contributed by atoms with E-state index in [1.165, 1.54) is 6.20 Å². The SMILES string of the molecule is O=C(NC[C@@H](O)CN1CCCCC1Oc1ccc(Cl)cc1)c1c[nH]c(=O)c2ccccc12. The fourth-order valence-electron chi connectivity index (χ4n) is 4.01. The molecule has 1 unspecified atom stereocenters. The Morgan fingerprint density at radius 2 is 1.94 bits per heavy atom. The second-order valence-electron chi connectivity index (χ2n) is 7.96. The van der Waals surface area contributed by atoms with Crippen LogP contribution in [0.5, 0.6) is 5.75 Å². The number of rotatable bonds is 7. The number of aliphatic hydroxyl groups excluding tert-OH is 1. The summed E-state index contributed by atoms with van der Waals surface area (Å²) in [5, 5.41) is 15.1. The van der Waals surface area contributed by atoms with Crippen LogP contribution >= 0.6 is 11.6 Å². The Bertz CT molecular complexity index is 1130. The number of pyridine rings is 1. The van der Waals surface area contributed by atoms with E-state index in [1.807, 2.05) is 12.1 Å². The maximum Gasteiger partial charge on any atom is 0.255 e. The molecule has 1 aliphatic heterocycles. The molecule has 1 aromatic heterocycles. The number of nitrogens with zero attached hydrogens (tertiary/aromatic N) is 1. The number of carbonyl (C=O) groups excluding carboxylic acids is 1. The van der Waals surface area contributed by atoms with Gasteiger partial charge >= 0.3 is 0 Å². The summed E-state index contributed by atoms with van der Waals surface area (Å²) in [4.78, 5) is 29.4. The van der Waals surface area contributed by atoms with Gasteiger partial charge in [-0.15, -0.1) is 0 Å². The fourth-order valence-corrected chi connectivity index (χ4v) is 4.14. The van der Waals surface area contributed by atoms with E-state index in [-0.39, 0.29) is 24.2 Å². The smallest absolute Gasteiger partial charge is 0.255 e. The molecule has 0 spiro atoms. The molecule has 1 amide bonds. The zero-order chi connectivity index (χ0) is 22.5. The van der Waals surface area contributed by atoms with Gasteiger partial charge in [-0.25, -0.2) is 0 Å². The number of hydrogen-bond donors (Lipinski definition) is 3.